The number of alkyl halides is 2. The summed E-state index contributed by atoms with van der Waals surface area (Å²) in [5.74, 6) is -1.91. The molecule has 1 heterocycles. The van der Waals surface area contributed by atoms with E-state index in [0.717, 1.165) is 12.1 Å². The van der Waals surface area contributed by atoms with Gasteiger partial charge in [-0.25, -0.2) is 4.79 Å². The number of carbonyl (C=O) groups is 3. The number of hydrazine groups is 1. The van der Waals surface area contributed by atoms with Crippen LogP contribution in [-0.4, -0.2) is 50.8 Å². The maximum atomic E-state index is 12.4. The molecule has 1 aliphatic heterocycles. The van der Waals surface area contributed by atoms with Gasteiger partial charge in [-0.15, -0.1) is 0 Å². The third kappa shape index (κ3) is 5.74. The predicted molar refractivity (Wildman–Crippen MR) is 103 cm³/mol. The van der Waals surface area contributed by atoms with Crippen molar-refractivity contribution in [1.29, 1.82) is 0 Å². The zero-order chi connectivity index (χ0) is 23.1. The number of rotatable bonds is 7. The van der Waals surface area contributed by atoms with Crippen LogP contribution in [0.4, 0.5) is 8.78 Å². The van der Waals surface area contributed by atoms with Crippen LogP contribution in [0.15, 0.2) is 42.5 Å². The van der Waals surface area contributed by atoms with Gasteiger partial charge in [-0.05, 0) is 30.3 Å². The van der Waals surface area contributed by atoms with Crippen LogP contribution in [0.2, 0.25) is 0 Å². The smallest absolute Gasteiger partial charge is 0.387 e. The Bertz CT molecular complexity index is 1000. The summed E-state index contributed by atoms with van der Waals surface area (Å²) in [6.45, 7) is -3.84. The van der Waals surface area contributed by atoms with Gasteiger partial charge in [0.2, 0.25) is 6.10 Å². The fourth-order valence-electron chi connectivity index (χ4n) is 2.60. The van der Waals surface area contributed by atoms with Crippen molar-refractivity contribution in [3.63, 3.8) is 0 Å². The molecule has 2 amide bonds. The first-order chi connectivity index (χ1) is 15.4. The van der Waals surface area contributed by atoms with E-state index in [-0.39, 0.29) is 23.7 Å². The zero-order valence-corrected chi connectivity index (χ0v) is 16.6. The maximum Gasteiger partial charge on any atom is 0.387 e. The summed E-state index contributed by atoms with van der Waals surface area (Å²) in [6, 6.07) is 10.2. The Labute approximate surface area is 180 Å². The minimum absolute atomic E-state index is 0.0548. The van der Waals surface area contributed by atoms with Crippen molar-refractivity contribution in [3.8, 4) is 23.0 Å². The van der Waals surface area contributed by atoms with Crippen LogP contribution in [0.1, 0.15) is 10.4 Å². The van der Waals surface area contributed by atoms with Gasteiger partial charge in [0.05, 0.1) is 12.7 Å². The monoisotopic (exact) mass is 452 g/mol. The Hall–Kier alpha value is -4.09. The summed E-state index contributed by atoms with van der Waals surface area (Å²) in [6.07, 6.45) is -0.991. The molecule has 2 aromatic carbocycles. The number of nitrogens with one attached hydrogen (secondary N) is 2. The highest BCUT2D eigenvalue weighted by Gasteiger charge is 2.27. The van der Waals surface area contributed by atoms with Crippen LogP contribution in [0.5, 0.6) is 23.0 Å². The first-order valence-electron chi connectivity index (χ1n) is 9.14. The molecule has 1 atom stereocenters. The summed E-state index contributed by atoms with van der Waals surface area (Å²) in [4.78, 5) is 36.1. The average molecular weight is 452 g/mol. The number of halogens is 2. The minimum Gasteiger partial charge on any atom is -0.493 e. The fraction of sp³-hybridized carbons (Fsp3) is 0.250. The molecule has 0 bridgehead atoms. The molecule has 170 valence electrons. The largest absolute Gasteiger partial charge is 0.493 e. The van der Waals surface area contributed by atoms with Crippen molar-refractivity contribution in [1.82, 2.24) is 10.9 Å². The number of carbonyl (C=O) groups excluding carboxylic acids is 3. The van der Waals surface area contributed by atoms with Crippen molar-refractivity contribution in [2.45, 2.75) is 12.7 Å². The molecule has 0 aromatic heterocycles. The van der Waals surface area contributed by atoms with E-state index in [2.05, 4.69) is 15.6 Å². The molecule has 2 N–H and O–H groups in total. The van der Waals surface area contributed by atoms with E-state index in [1.54, 1.807) is 24.3 Å². The number of benzene rings is 2. The Morgan fingerprint density at radius 1 is 1.09 bits per heavy atom. The number of fused-ring (bicyclic) bond motifs is 1. The van der Waals surface area contributed by atoms with E-state index in [9.17, 15) is 23.2 Å². The number of ether oxygens (including phenoxy) is 5. The number of para-hydroxylation sites is 2. The summed E-state index contributed by atoms with van der Waals surface area (Å²) in [5.41, 5.74) is 4.17. The summed E-state index contributed by atoms with van der Waals surface area (Å²) in [5, 5.41) is 0. The number of hydrogen-bond donors (Lipinski definition) is 2. The lowest BCUT2D eigenvalue weighted by molar-refractivity contribution is -0.135. The van der Waals surface area contributed by atoms with Gasteiger partial charge in [0.15, 0.2) is 29.6 Å². The van der Waals surface area contributed by atoms with E-state index in [1.807, 2.05) is 0 Å². The molecular weight excluding hydrogens is 434 g/mol. The fourth-order valence-corrected chi connectivity index (χ4v) is 2.60. The van der Waals surface area contributed by atoms with Crippen molar-refractivity contribution in [2.75, 3.05) is 20.3 Å². The SMILES string of the molecule is COc1cc(C(=O)OCC(=O)NNC(=O)C2COc3ccccc3O2)ccc1OC(F)F. The normalized spacial score (nSPS) is 14.3. The van der Waals surface area contributed by atoms with Gasteiger partial charge in [0.25, 0.3) is 11.8 Å². The molecule has 0 fully saturated rings. The number of amides is 2. The molecule has 1 aliphatic rings. The summed E-state index contributed by atoms with van der Waals surface area (Å²) in [7, 11) is 1.21. The molecular formula is C20H18F2N2O8. The van der Waals surface area contributed by atoms with Gasteiger partial charge in [0, 0.05) is 0 Å². The number of methoxy groups -OCH3 is 1. The second-order valence-corrected chi connectivity index (χ2v) is 6.22. The molecule has 32 heavy (non-hydrogen) atoms. The van der Waals surface area contributed by atoms with E-state index in [1.165, 1.54) is 13.2 Å². The average Bonchev–Trinajstić information content (AvgIpc) is 2.80. The molecule has 0 spiro atoms. The standard InChI is InChI=1S/C20H18F2N2O8/c1-28-15-8-11(6-7-14(15)32-20(21)22)19(27)30-10-17(25)23-24-18(26)16-9-29-12-4-2-3-5-13(12)31-16/h2-8,16,20H,9-10H2,1H3,(H,23,25)(H,24,26). The van der Waals surface area contributed by atoms with Gasteiger partial charge in [-0.3, -0.25) is 20.4 Å². The second-order valence-electron chi connectivity index (χ2n) is 6.22. The first-order valence-corrected chi connectivity index (χ1v) is 9.14. The molecule has 3 rings (SSSR count). The van der Waals surface area contributed by atoms with Crippen LogP contribution in [-0.2, 0) is 14.3 Å². The Balaban J connectivity index is 1.45. The minimum atomic E-state index is -3.07. The Morgan fingerprint density at radius 2 is 1.84 bits per heavy atom. The molecule has 12 heteroatoms. The van der Waals surface area contributed by atoms with Gasteiger partial charge >= 0.3 is 12.6 Å². The van der Waals surface area contributed by atoms with Crippen molar-refractivity contribution < 1.29 is 46.8 Å². The predicted octanol–water partition coefficient (Wildman–Crippen LogP) is 1.44. The lowest BCUT2D eigenvalue weighted by Gasteiger charge is -2.25. The van der Waals surface area contributed by atoms with Gasteiger partial charge in [-0.1, -0.05) is 12.1 Å². The lowest BCUT2D eigenvalue weighted by Crippen LogP contribution is -2.51. The summed E-state index contributed by atoms with van der Waals surface area (Å²) < 4.78 is 49.6. The molecule has 0 radical (unpaired) electrons. The van der Waals surface area contributed by atoms with E-state index in [4.69, 9.17) is 18.9 Å². The van der Waals surface area contributed by atoms with Crippen molar-refractivity contribution >= 4 is 17.8 Å². The van der Waals surface area contributed by atoms with Crippen molar-refractivity contribution in [3.05, 3.63) is 48.0 Å². The van der Waals surface area contributed by atoms with E-state index in [0.29, 0.717) is 11.5 Å². The molecule has 0 saturated carbocycles. The van der Waals surface area contributed by atoms with Crippen LogP contribution < -0.4 is 29.8 Å². The maximum absolute atomic E-state index is 12.4. The van der Waals surface area contributed by atoms with Crippen LogP contribution in [0.3, 0.4) is 0 Å². The molecule has 1 unspecified atom stereocenters. The quantitative estimate of drug-likeness (QED) is 0.478. The van der Waals surface area contributed by atoms with Crippen LogP contribution in [0, 0.1) is 0 Å². The zero-order valence-electron chi connectivity index (χ0n) is 16.6. The highest BCUT2D eigenvalue weighted by atomic mass is 19.3. The van der Waals surface area contributed by atoms with Crippen LogP contribution >= 0.6 is 0 Å². The van der Waals surface area contributed by atoms with Gasteiger partial charge in [0.1, 0.15) is 6.61 Å². The van der Waals surface area contributed by atoms with Gasteiger partial charge in [-0.2, -0.15) is 8.78 Å². The highest BCUT2D eigenvalue weighted by Crippen LogP contribution is 2.31. The molecule has 0 saturated heterocycles. The summed E-state index contributed by atoms with van der Waals surface area (Å²) >= 11 is 0. The number of hydrogen-bond acceptors (Lipinski definition) is 8. The van der Waals surface area contributed by atoms with E-state index < -0.39 is 37.1 Å². The van der Waals surface area contributed by atoms with Crippen molar-refractivity contribution in [2.24, 2.45) is 0 Å². The van der Waals surface area contributed by atoms with Crippen LogP contribution in [0.25, 0.3) is 0 Å². The highest BCUT2D eigenvalue weighted by molar-refractivity contribution is 5.92. The van der Waals surface area contributed by atoms with E-state index >= 15 is 0 Å². The number of esters is 1. The Kier molecular flexibility index (Phi) is 7.26. The lowest BCUT2D eigenvalue weighted by atomic mass is 10.2. The molecule has 0 aliphatic carbocycles. The third-order valence-electron chi connectivity index (χ3n) is 4.08. The Morgan fingerprint density at radius 3 is 2.56 bits per heavy atom. The second kappa shape index (κ2) is 10.3. The van der Waals surface area contributed by atoms with Gasteiger partial charge < -0.3 is 23.7 Å². The molecule has 2 aromatic rings. The molecule has 10 nitrogen and oxygen atoms in total. The first kappa shape index (κ1) is 22.6. The third-order valence-corrected chi connectivity index (χ3v) is 4.08. The topological polar surface area (TPSA) is 121 Å².